The number of thiazole rings is 1. The van der Waals surface area contributed by atoms with Crippen LogP contribution in [0, 0.1) is 12.3 Å². The molecule has 6 heteroatoms. The van der Waals surface area contributed by atoms with E-state index >= 15 is 0 Å². The van der Waals surface area contributed by atoms with Crippen molar-refractivity contribution in [2.45, 2.75) is 46.5 Å². The molecule has 29 heavy (non-hydrogen) atoms. The number of hydrogen-bond donors (Lipinski definition) is 1. The third-order valence-corrected chi connectivity index (χ3v) is 7.68. The molecule has 0 radical (unpaired) electrons. The number of benzene rings is 1. The van der Waals surface area contributed by atoms with E-state index in [1.165, 1.54) is 16.5 Å². The summed E-state index contributed by atoms with van der Waals surface area (Å²) in [5.41, 5.74) is 4.01. The average Bonchev–Trinajstić information content (AvgIpc) is 3.23. The summed E-state index contributed by atoms with van der Waals surface area (Å²) in [6, 6.07) is 6.46. The maximum atomic E-state index is 13.1. The van der Waals surface area contributed by atoms with Gasteiger partial charge in [-0.15, -0.1) is 22.7 Å². The van der Waals surface area contributed by atoms with Crippen LogP contribution in [0.15, 0.2) is 29.6 Å². The molecule has 3 aromatic rings. The van der Waals surface area contributed by atoms with Crippen molar-refractivity contribution >= 4 is 34.4 Å². The number of carboxylic acid groups (broad SMARTS) is 1. The predicted molar refractivity (Wildman–Crippen MR) is 117 cm³/mol. The number of fused-ring (bicyclic) bond motifs is 1. The third kappa shape index (κ3) is 3.91. The quantitative estimate of drug-likeness (QED) is 0.523. The summed E-state index contributed by atoms with van der Waals surface area (Å²) in [5.74, 6) is -1.23. The van der Waals surface area contributed by atoms with E-state index in [9.17, 15) is 14.7 Å². The van der Waals surface area contributed by atoms with Gasteiger partial charge in [0.25, 0.3) is 0 Å². The van der Waals surface area contributed by atoms with Gasteiger partial charge in [-0.1, -0.05) is 32.0 Å². The Morgan fingerprint density at radius 2 is 1.93 bits per heavy atom. The van der Waals surface area contributed by atoms with Crippen molar-refractivity contribution < 1.29 is 14.7 Å². The zero-order valence-corrected chi connectivity index (χ0v) is 18.4. The molecule has 0 aliphatic heterocycles. The molecule has 0 fully saturated rings. The molecular weight excluding hydrogens is 402 g/mol. The van der Waals surface area contributed by atoms with Crippen LogP contribution in [0.4, 0.5) is 0 Å². The number of Topliss-reactive ketones (excluding diaryl/α,β-unsaturated/α-hetero) is 1. The lowest BCUT2D eigenvalue weighted by Gasteiger charge is -2.29. The minimum Gasteiger partial charge on any atom is -0.478 e. The molecule has 0 saturated carbocycles. The molecule has 4 nitrogen and oxygen atoms in total. The summed E-state index contributed by atoms with van der Waals surface area (Å²) in [6.45, 7) is 6.56. The molecule has 1 aromatic carbocycles. The zero-order chi connectivity index (χ0) is 20.8. The lowest BCUT2D eigenvalue weighted by molar-refractivity contribution is 0.0692. The highest BCUT2D eigenvalue weighted by Gasteiger charge is 2.32. The van der Waals surface area contributed by atoms with Gasteiger partial charge in [-0.25, -0.2) is 9.78 Å². The van der Waals surface area contributed by atoms with Gasteiger partial charge in [0.1, 0.15) is 5.01 Å². The SMILES string of the molecule is Cc1csc(-c2c(CC(=O)c3ccccc3C(=O)O)sc3c2CCC(C)(C)C3)n1. The van der Waals surface area contributed by atoms with Crippen LogP contribution in [0.2, 0.25) is 0 Å². The molecule has 0 saturated heterocycles. The van der Waals surface area contributed by atoms with Gasteiger partial charge in [0.2, 0.25) is 0 Å². The Labute approximate surface area is 178 Å². The largest absolute Gasteiger partial charge is 0.478 e. The molecule has 0 unspecified atom stereocenters. The van der Waals surface area contributed by atoms with Gasteiger partial charge in [-0.3, -0.25) is 4.79 Å². The van der Waals surface area contributed by atoms with E-state index in [-0.39, 0.29) is 28.7 Å². The number of carboxylic acids is 1. The number of aryl methyl sites for hydroxylation is 1. The highest BCUT2D eigenvalue weighted by atomic mass is 32.1. The first kappa shape index (κ1) is 20.0. The molecule has 0 amide bonds. The third-order valence-electron chi connectivity index (χ3n) is 5.47. The maximum absolute atomic E-state index is 13.1. The number of rotatable bonds is 5. The number of carbonyl (C=O) groups excluding carboxylic acids is 1. The molecule has 0 atom stereocenters. The molecule has 1 N–H and O–H groups in total. The van der Waals surface area contributed by atoms with Crippen LogP contribution in [-0.2, 0) is 19.3 Å². The number of thiophene rings is 1. The molecule has 1 aliphatic rings. The molecule has 2 aromatic heterocycles. The topological polar surface area (TPSA) is 67.3 Å². The molecule has 0 bridgehead atoms. The molecule has 2 heterocycles. The summed E-state index contributed by atoms with van der Waals surface area (Å²) in [4.78, 5) is 31.7. The maximum Gasteiger partial charge on any atom is 0.336 e. The van der Waals surface area contributed by atoms with Crippen molar-refractivity contribution in [1.29, 1.82) is 0 Å². The van der Waals surface area contributed by atoms with Crippen molar-refractivity contribution in [3.05, 3.63) is 61.8 Å². The second-order valence-electron chi connectivity index (χ2n) is 8.39. The average molecular weight is 426 g/mol. The van der Waals surface area contributed by atoms with Gasteiger partial charge in [0.05, 0.1) is 5.56 Å². The van der Waals surface area contributed by atoms with E-state index in [0.717, 1.165) is 40.4 Å². The van der Waals surface area contributed by atoms with Gasteiger partial charge >= 0.3 is 5.97 Å². The second-order valence-corrected chi connectivity index (χ2v) is 10.4. The first-order valence-corrected chi connectivity index (χ1v) is 11.4. The van der Waals surface area contributed by atoms with Crippen LogP contribution in [-0.4, -0.2) is 21.8 Å². The van der Waals surface area contributed by atoms with Gasteiger partial charge in [0.15, 0.2) is 5.78 Å². The summed E-state index contributed by atoms with van der Waals surface area (Å²) in [5, 5.41) is 12.5. The number of nitrogens with zero attached hydrogens (tertiary/aromatic N) is 1. The van der Waals surface area contributed by atoms with Crippen molar-refractivity contribution in [2.75, 3.05) is 0 Å². The monoisotopic (exact) mass is 425 g/mol. The predicted octanol–water partition coefficient (Wildman–Crippen LogP) is 5.82. The van der Waals surface area contributed by atoms with Gasteiger partial charge < -0.3 is 5.11 Å². The lowest BCUT2D eigenvalue weighted by Crippen LogP contribution is -2.20. The van der Waals surface area contributed by atoms with Crippen LogP contribution >= 0.6 is 22.7 Å². The smallest absolute Gasteiger partial charge is 0.336 e. The number of ketones is 1. The number of aromatic nitrogens is 1. The minimum absolute atomic E-state index is 0.0617. The van der Waals surface area contributed by atoms with Crippen molar-refractivity contribution in [3.8, 4) is 10.6 Å². The molecule has 0 spiro atoms. The number of hydrogen-bond acceptors (Lipinski definition) is 5. The standard InChI is InChI=1S/C23H23NO3S2/c1-13-12-28-21(24-13)20-16-8-9-23(2,3)11-19(16)29-18(20)10-17(25)14-6-4-5-7-15(14)22(26)27/h4-7,12H,8-11H2,1-3H3,(H,26,27). The van der Waals surface area contributed by atoms with Crippen LogP contribution in [0.25, 0.3) is 10.6 Å². The van der Waals surface area contributed by atoms with Crippen LogP contribution in [0.3, 0.4) is 0 Å². The molecule has 1 aliphatic carbocycles. The first-order valence-electron chi connectivity index (χ1n) is 9.66. The van der Waals surface area contributed by atoms with E-state index in [0.29, 0.717) is 0 Å². The molecule has 150 valence electrons. The lowest BCUT2D eigenvalue weighted by atomic mass is 9.77. The van der Waals surface area contributed by atoms with E-state index in [2.05, 4.69) is 13.8 Å². The fourth-order valence-corrected chi connectivity index (χ4v) is 6.53. The van der Waals surface area contributed by atoms with E-state index in [1.807, 2.05) is 12.3 Å². The fraction of sp³-hybridized carbons (Fsp3) is 0.348. The normalized spacial score (nSPS) is 15.1. The summed E-state index contributed by atoms with van der Waals surface area (Å²) < 4.78 is 0. The number of carbonyl (C=O) groups is 2. The van der Waals surface area contributed by atoms with E-state index in [4.69, 9.17) is 4.98 Å². The minimum atomic E-state index is -1.07. The second kappa shape index (κ2) is 7.50. The van der Waals surface area contributed by atoms with Crippen molar-refractivity contribution in [1.82, 2.24) is 4.98 Å². The van der Waals surface area contributed by atoms with Gasteiger partial charge in [-0.05, 0) is 43.2 Å². The van der Waals surface area contributed by atoms with E-state index in [1.54, 1.807) is 40.9 Å². The Kier molecular flexibility index (Phi) is 5.17. The summed E-state index contributed by atoms with van der Waals surface area (Å²) in [7, 11) is 0. The van der Waals surface area contributed by atoms with Crippen molar-refractivity contribution in [2.24, 2.45) is 5.41 Å². The van der Waals surface area contributed by atoms with Crippen molar-refractivity contribution in [3.63, 3.8) is 0 Å². The Bertz CT molecular complexity index is 1110. The summed E-state index contributed by atoms with van der Waals surface area (Å²) >= 11 is 3.32. The molecule has 4 rings (SSSR count). The van der Waals surface area contributed by atoms with E-state index < -0.39 is 5.97 Å². The fourth-order valence-electron chi connectivity index (χ4n) is 3.96. The molecular formula is C23H23NO3S2. The summed E-state index contributed by atoms with van der Waals surface area (Å²) in [6.07, 6.45) is 3.32. The van der Waals surface area contributed by atoms with Crippen LogP contribution in [0.1, 0.15) is 62.0 Å². The number of aromatic carboxylic acids is 1. The van der Waals surface area contributed by atoms with Gasteiger partial charge in [0, 0.05) is 38.4 Å². The Morgan fingerprint density at radius 1 is 1.21 bits per heavy atom. The van der Waals surface area contributed by atoms with Gasteiger partial charge in [-0.2, -0.15) is 0 Å². The zero-order valence-electron chi connectivity index (χ0n) is 16.7. The Morgan fingerprint density at radius 3 is 2.59 bits per heavy atom. The highest BCUT2D eigenvalue weighted by molar-refractivity contribution is 7.15. The Balaban J connectivity index is 1.77. The highest BCUT2D eigenvalue weighted by Crippen LogP contribution is 2.46. The van der Waals surface area contributed by atoms with Crippen LogP contribution in [0.5, 0.6) is 0 Å². The van der Waals surface area contributed by atoms with Crippen LogP contribution < -0.4 is 0 Å². The Hall–Kier alpha value is -2.31. The first-order chi connectivity index (χ1) is 13.7.